The van der Waals surface area contributed by atoms with Gasteiger partial charge in [-0.15, -0.1) is 0 Å². The molecule has 1 saturated heterocycles. The van der Waals surface area contributed by atoms with Gasteiger partial charge < -0.3 is 10.6 Å². The van der Waals surface area contributed by atoms with E-state index in [1.165, 1.54) is 24.8 Å². The smallest absolute Gasteiger partial charge is 0.251 e. The first kappa shape index (κ1) is 17.7. The highest BCUT2D eigenvalue weighted by molar-refractivity contribution is 5.94. The Labute approximate surface area is 150 Å². The molecule has 1 aliphatic rings. The summed E-state index contributed by atoms with van der Waals surface area (Å²) < 4.78 is 0. The fourth-order valence-corrected chi connectivity index (χ4v) is 3.69. The van der Waals surface area contributed by atoms with Crippen molar-refractivity contribution in [3.63, 3.8) is 0 Å². The lowest BCUT2D eigenvalue weighted by atomic mass is 9.86. The summed E-state index contributed by atoms with van der Waals surface area (Å²) >= 11 is 0. The summed E-state index contributed by atoms with van der Waals surface area (Å²) in [4.78, 5) is 12.0. The third-order valence-corrected chi connectivity index (χ3v) is 5.02. The Morgan fingerprint density at radius 3 is 2.52 bits per heavy atom. The molecular weight excluding hydrogens is 308 g/mol. The first-order valence-corrected chi connectivity index (χ1v) is 9.42. The van der Waals surface area contributed by atoms with E-state index in [4.69, 9.17) is 0 Å². The van der Waals surface area contributed by atoms with Crippen molar-refractivity contribution in [2.75, 3.05) is 13.1 Å². The topological polar surface area (TPSA) is 41.1 Å². The fraction of sp³-hybridized carbons (Fsp3) is 0.409. The van der Waals surface area contributed by atoms with Gasteiger partial charge >= 0.3 is 0 Å². The maximum Gasteiger partial charge on any atom is 0.251 e. The molecule has 3 rings (SSSR count). The molecular formula is C22H28N2O. The molecule has 1 heterocycles. The molecule has 2 aromatic rings. The van der Waals surface area contributed by atoms with Crippen LogP contribution in [0.2, 0.25) is 0 Å². The summed E-state index contributed by atoms with van der Waals surface area (Å²) in [5.41, 5.74) is 2.18. The van der Waals surface area contributed by atoms with Crippen molar-refractivity contribution < 1.29 is 4.79 Å². The molecule has 1 aliphatic heterocycles. The monoisotopic (exact) mass is 336 g/mol. The molecule has 25 heavy (non-hydrogen) atoms. The van der Waals surface area contributed by atoms with Gasteiger partial charge in [0.05, 0.1) is 0 Å². The van der Waals surface area contributed by atoms with Gasteiger partial charge in [-0.3, -0.25) is 4.79 Å². The molecule has 2 atom stereocenters. The minimum atomic E-state index is 0.0270. The Morgan fingerprint density at radius 1 is 1.04 bits per heavy atom. The lowest BCUT2D eigenvalue weighted by molar-refractivity contribution is 0.0952. The molecule has 0 unspecified atom stereocenters. The van der Waals surface area contributed by atoms with E-state index in [-0.39, 0.29) is 5.91 Å². The maximum absolute atomic E-state index is 12.0. The summed E-state index contributed by atoms with van der Waals surface area (Å²) in [5.74, 6) is 0.798. The zero-order chi connectivity index (χ0) is 17.3. The van der Waals surface area contributed by atoms with Crippen LogP contribution in [-0.2, 0) is 6.42 Å². The standard InChI is InChI=1S/C22H28N2O/c25-22(20-10-5-2-6-11-20)24-14-7-12-21-17-19(13-15-23-21)16-18-8-3-1-4-9-18/h1-6,8-11,19,21,23H,7,12-17H2,(H,24,25)/t19-,21-/m0/s1. The van der Waals surface area contributed by atoms with Crippen LogP contribution in [0.15, 0.2) is 60.7 Å². The molecule has 0 bridgehead atoms. The Kier molecular flexibility index (Phi) is 6.63. The van der Waals surface area contributed by atoms with E-state index in [2.05, 4.69) is 41.0 Å². The zero-order valence-electron chi connectivity index (χ0n) is 14.8. The third kappa shape index (κ3) is 5.71. The lowest BCUT2D eigenvalue weighted by Gasteiger charge is -2.30. The molecule has 3 heteroatoms. The van der Waals surface area contributed by atoms with Crippen molar-refractivity contribution in [2.24, 2.45) is 5.92 Å². The van der Waals surface area contributed by atoms with Crippen LogP contribution in [0, 0.1) is 5.92 Å². The van der Waals surface area contributed by atoms with Crippen molar-refractivity contribution in [3.8, 4) is 0 Å². The molecule has 132 valence electrons. The van der Waals surface area contributed by atoms with Gasteiger partial charge in [0.1, 0.15) is 0 Å². The minimum Gasteiger partial charge on any atom is -0.352 e. The highest BCUT2D eigenvalue weighted by Crippen LogP contribution is 2.23. The van der Waals surface area contributed by atoms with Gasteiger partial charge in [-0.25, -0.2) is 0 Å². The Balaban J connectivity index is 1.36. The number of amides is 1. The second-order valence-corrected chi connectivity index (χ2v) is 7.00. The molecule has 2 N–H and O–H groups in total. The number of carbonyl (C=O) groups excluding carboxylic acids is 1. The summed E-state index contributed by atoms with van der Waals surface area (Å²) in [6.07, 6.45) is 5.83. The molecule has 0 saturated carbocycles. The first-order chi connectivity index (χ1) is 12.3. The highest BCUT2D eigenvalue weighted by Gasteiger charge is 2.21. The van der Waals surface area contributed by atoms with Crippen molar-refractivity contribution in [1.29, 1.82) is 0 Å². The van der Waals surface area contributed by atoms with Crippen LogP contribution in [0.1, 0.15) is 41.6 Å². The van der Waals surface area contributed by atoms with E-state index in [1.54, 1.807) is 0 Å². The van der Waals surface area contributed by atoms with E-state index >= 15 is 0 Å². The number of carbonyl (C=O) groups is 1. The van der Waals surface area contributed by atoms with Crippen LogP contribution >= 0.6 is 0 Å². The van der Waals surface area contributed by atoms with E-state index < -0.39 is 0 Å². The van der Waals surface area contributed by atoms with Crippen LogP contribution in [0.25, 0.3) is 0 Å². The van der Waals surface area contributed by atoms with E-state index in [1.807, 2.05) is 30.3 Å². The highest BCUT2D eigenvalue weighted by atomic mass is 16.1. The number of hydrogen-bond acceptors (Lipinski definition) is 2. The molecule has 0 radical (unpaired) electrons. The molecule has 2 aromatic carbocycles. The number of nitrogens with one attached hydrogen (secondary N) is 2. The largest absolute Gasteiger partial charge is 0.352 e. The number of rotatable bonds is 7. The quantitative estimate of drug-likeness (QED) is 0.755. The second-order valence-electron chi connectivity index (χ2n) is 7.00. The lowest BCUT2D eigenvalue weighted by Crippen LogP contribution is -2.39. The predicted molar refractivity (Wildman–Crippen MR) is 103 cm³/mol. The maximum atomic E-state index is 12.0. The van der Waals surface area contributed by atoms with Crippen molar-refractivity contribution in [2.45, 2.75) is 38.1 Å². The normalized spacial score (nSPS) is 20.2. The first-order valence-electron chi connectivity index (χ1n) is 9.42. The minimum absolute atomic E-state index is 0.0270. The van der Waals surface area contributed by atoms with Crippen molar-refractivity contribution >= 4 is 5.91 Å². The van der Waals surface area contributed by atoms with Crippen LogP contribution in [0.4, 0.5) is 0 Å². The Morgan fingerprint density at radius 2 is 1.76 bits per heavy atom. The average Bonchev–Trinajstić information content (AvgIpc) is 2.67. The van der Waals surface area contributed by atoms with Gasteiger partial charge in [0, 0.05) is 18.2 Å². The molecule has 1 fully saturated rings. The van der Waals surface area contributed by atoms with E-state index in [9.17, 15) is 4.79 Å². The predicted octanol–water partition coefficient (Wildman–Crippen LogP) is 3.81. The SMILES string of the molecule is O=C(NCCC[C@H]1C[C@H](Cc2ccccc2)CCN1)c1ccccc1. The van der Waals surface area contributed by atoms with Crippen molar-refractivity contribution in [1.82, 2.24) is 10.6 Å². The number of hydrogen-bond donors (Lipinski definition) is 2. The Hall–Kier alpha value is -2.13. The van der Waals surface area contributed by atoms with Gasteiger partial charge in [0.2, 0.25) is 0 Å². The third-order valence-electron chi connectivity index (χ3n) is 5.02. The summed E-state index contributed by atoms with van der Waals surface area (Å²) in [7, 11) is 0. The molecule has 0 aliphatic carbocycles. The fourth-order valence-electron chi connectivity index (χ4n) is 3.69. The average molecular weight is 336 g/mol. The molecule has 1 amide bonds. The summed E-state index contributed by atoms with van der Waals surface area (Å²) in [6.45, 7) is 1.85. The summed E-state index contributed by atoms with van der Waals surface area (Å²) in [6, 6.07) is 20.8. The number of piperidine rings is 1. The van der Waals surface area contributed by atoms with Crippen LogP contribution in [0.3, 0.4) is 0 Å². The van der Waals surface area contributed by atoms with Gasteiger partial charge in [0.25, 0.3) is 5.91 Å². The molecule has 0 aromatic heterocycles. The summed E-state index contributed by atoms with van der Waals surface area (Å²) in [5, 5.41) is 6.66. The Bertz CT molecular complexity index is 642. The van der Waals surface area contributed by atoms with E-state index in [0.717, 1.165) is 37.4 Å². The van der Waals surface area contributed by atoms with Crippen LogP contribution in [0.5, 0.6) is 0 Å². The van der Waals surface area contributed by atoms with Crippen LogP contribution < -0.4 is 10.6 Å². The van der Waals surface area contributed by atoms with Crippen LogP contribution in [-0.4, -0.2) is 25.0 Å². The zero-order valence-corrected chi connectivity index (χ0v) is 14.8. The van der Waals surface area contributed by atoms with Gasteiger partial charge in [-0.2, -0.15) is 0 Å². The molecule has 0 spiro atoms. The number of benzene rings is 2. The van der Waals surface area contributed by atoms with Gasteiger partial charge in [-0.1, -0.05) is 48.5 Å². The molecule has 3 nitrogen and oxygen atoms in total. The van der Waals surface area contributed by atoms with Crippen molar-refractivity contribution in [3.05, 3.63) is 71.8 Å². The van der Waals surface area contributed by atoms with E-state index in [0.29, 0.717) is 6.04 Å². The second kappa shape index (κ2) is 9.38. The van der Waals surface area contributed by atoms with Gasteiger partial charge in [0.15, 0.2) is 0 Å². The van der Waals surface area contributed by atoms with Gasteiger partial charge in [-0.05, 0) is 62.3 Å².